The molecular weight excluding hydrogens is 340 g/mol. The van der Waals surface area contributed by atoms with Crippen LogP contribution in [-0.4, -0.2) is 27.8 Å². The highest BCUT2D eigenvalue weighted by atomic mass is 32.2. The second-order valence-electron chi connectivity index (χ2n) is 8.26. The molecule has 2 aromatic carbocycles. The molecule has 138 valence electrons. The molecule has 0 radical (unpaired) electrons. The third kappa shape index (κ3) is 3.16. The SMILES string of the molecule is CSC[C@@]1(O)CC[C@@]2(Cc3ccccc3)c3ccc(O)cc3CC[C@@H]2C1. The fraction of sp³-hybridized carbons (Fsp3) is 0.478. The van der Waals surface area contributed by atoms with Crippen molar-refractivity contribution in [3.63, 3.8) is 0 Å². The molecule has 1 fully saturated rings. The Kier molecular flexibility index (Phi) is 4.79. The van der Waals surface area contributed by atoms with Gasteiger partial charge in [0, 0.05) is 11.2 Å². The molecule has 2 nitrogen and oxygen atoms in total. The van der Waals surface area contributed by atoms with Gasteiger partial charge >= 0.3 is 0 Å². The van der Waals surface area contributed by atoms with Crippen LogP contribution in [0.2, 0.25) is 0 Å². The van der Waals surface area contributed by atoms with E-state index in [1.165, 1.54) is 16.7 Å². The van der Waals surface area contributed by atoms with Gasteiger partial charge in [-0.25, -0.2) is 0 Å². The Balaban J connectivity index is 1.76. The molecule has 1 saturated carbocycles. The predicted molar refractivity (Wildman–Crippen MR) is 109 cm³/mol. The van der Waals surface area contributed by atoms with Crippen molar-refractivity contribution in [1.29, 1.82) is 0 Å². The average Bonchev–Trinajstić information content (AvgIpc) is 2.63. The topological polar surface area (TPSA) is 40.5 Å². The minimum Gasteiger partial charge on any atom is -0.508 e. The second kappa shape index (κ2) is 6.94. The number of hydrogen-bond acceptors (Lipinski definition) is 3. The molecule has 3 atom stereocenters. The van der Waals surface area contributed by atoms with E-state index in [1.54, 1.807) is 11.8 Å². The fourth-order valence-corrected chi connectivity index (χ4v) is 6.24. The molecule has 0 saturated heterocycles. The van der Waals surface area contributed by atoms with Crippen molar-refractivity contribution in [1.82, 2.24) is 0 Å². The molecule has 0 bridgehead atoms. The van der Waals surface area contributed by atoms with E-state index in [2.05, 4.69) is 42.7 Å². The summed E-state index contributed by atoms with van der Waals surface area (Å²) in [5.41, 5.74) is 3.62. The van der Waals surface area contributed by atoms with Crippen molar-refractivity contribution in [3.05, 3.63) is 65.2 Å². The molecule has 4 rings (SSSR count). The van der Waals surface area contributed by atoms with Crippen molar-refractivity contribution in [2.45, 2.75) is 49.5 Å². The van der Waals surface area contributed by atoms with E-state index in [9.17, 15) is 10.2 Å². The van der Waals surface area contributed by atoms with Gasteiger partial charge in [0.25, 0.3) is 0 Å². The summed E-state index contributed by atoms with van der Waals surface area (Å²) in [6.45, 7) is 0. The summed E-state index contributed by atoms with van der Waals surface area (Å²) in [5, 5.41) is 21.1. The maximum Gasteiger partial charge on any atom is 0.115 e. The molecule has 0 heterocycles. The number of aliphatic hydroxyl groups is 1. The molecule has 3 heteroatoms. The summed E-state index contributed by atoms with van der Waals surface area (Å²) in [6.07, 6.45) is 7.97. The van der Waals surface area contributed by atoms with Crippen LogP contribution in [0.15, 0.2) is 48.5 Å². The van der Waals surface area contributed by atoms with Crippen molar-refractivity contribution in [3.8, 4) is 5.75 Å². The quantitative estimate of drug-likeness (QED) is 0.821. The highest BCUT2D eigenvalue weighted by Gasteiger charge is 2.51. The Bertz CT molecular complexity index is 775. The Morgan fingerprint density at radius 2 is 1.92 bits per heavy atom. The first-order valence-corrected chi connectivity index (χ1v) is 11.0. The van der Waals surface area contributed by atoms with E-state index in [0.29, 0.717) is 11.7 Å². The molecular formula is C23H28O2S. The van der Waals surface area contributed by atoms with Gasteiger partial charge in [-0.1, -0.05) is 36.4 Å². The predicted octanol–water partition coefficient (Wildman–Crippen LogP) is 4.71. The fourth-order valence-electron chi connectivity index (χ4n) is 5.44. The number of benzene rings is 2. The first-order valence-electron chi connectivity index (χ1n) is 9.62. The summed E-state index contributed by atoms with van der Waals surface area (Å²) in [6, 6.07) is 16.7. The molecule has 0 unspecified atom stereocenters. The highest BCUT2D eigenvalue weighted by molar-refractivity contribution is 7.98. The van der Waals surface area contributed by atoms with E-state index in [-0.39, 0.29) is 5.41 Å². The number of fused-ring (bicyclic) bond motifs is 3. The van der Waals surface area contributed by atoms with E-state index in [4.69, 9.17) is 0 Å². The average molecular weight is 369 g/mol. The number of thioether (sulfide) groups is 1. The number of aryl methyl sites for hydroxylation is 1. The maximum absolute atomic E-state index is 11.1. The van der Waals surface area contributed by atoms with Gasteiger partial charge in [-0.05, 0) is 79.5 Å². The largest absolute Gasteiger partial charge is 0.508 e. The lowest BCUT2D eigenvalue weighted by atomic mass is 9.53. The van der Waals surface area contributed by atoms with E-state index in [0.717, 1.165) is 44.3 Å². The van der Waals surface area contributed by atoms with Crippen molar-refractivity contribution in [2.75, 3.05) is 12.0 Å². The van der Waals surface area contributed by atoms with Gasteiger partial charge in [-0.3, -0.25) is 0 Å². The zero-order chi connectivity index (χ0) is 18.2. The minimum atomic E-state index is -0.529. The van der Waals surface area contributed by atoms with Crippen LogP contribution in [0, 0.1) is 5.92 Å². The molecule has 0 amide bonds. The second-order valence-corrected chi connectivity index (χ2v) is 9.12. The van der Waals surface area contributed by atoms with E-state index >= 15 is 0 Å². The van der Waals surface area contributed by atoms with Crippen molar-refractivity contribution < 1.29 is 10.2 Å². The number of aromatic hydroxyl groups is 1. The molecule has 2 aromatic rings. The van der Waals surface area contributed by atoms with Gasteiger partial charge < -0.3 is 10.2 Å². The Labute approximate surface area is 160 Å². The molecule has 2 aliphatic carbocycles. The number of hydrogen-bond donors (Lipinski definition) is 2. The normalized spacial score (nSPS) is 30.5. The van der Waals surface area contributed by atoms with Crippen molar-refractivity contribution in [2.24, 2.45) is 5.92 Å². The summed E-state index contributed by atoms with van der Waals surface area (Å²) < 4.78 is 0. The number of phenolic OH excluding ortho intramolecular Hbond substituents is 1. The zero-order valence-corrected chi connectivity index (χ0v) is 16.3. The van der Waals surface area contributed by atoms with Gasteiger partial charge in [0.2, 0.25) is 0 Å². The molecule has 26 heavy (non-hydrogen) atoms. The maximum atomic E-state index is 11.1. The van der Waals surface area contributed by atoms with Crippen LogP contribution >= 0.6 is 11.8 Å². The number of rotatable bonds is 4. The van der Waals surface area contributed by atoms with Crippen LogP contribution in [0.1, 0.15) is 42.4 Å². The molecule has 2 N–H and O–H groups in total. The third-order valence-corrected chi connectivity index (χ3v) is 7.43. The summed E-state index contributed by atoms with van der Waals surface area (Å²) >= 11 is 1.75. The Morgan fingerprint density at radius 1 is 1.12 bits per heavy atom. The lowest BCUT2D eigenvalue weighted by Crippen LogP contribution is -2.52. The molecule has 2 aliphatic rings. The standard InChI is InChI=1S/C23H28O2S/c1-26-16-22(25)11-12-23(14-17-5-3-2-4-6-17)19(15-22)8-7-18-13-20(24)9-10-21(18)23/h2-6,9-10,13,19,24-25H,7-8,11-12,14-16H2,1H3/t19-,22-,23+/m1/s1. The Morgan fingerprint density at radius 3 is 2.69 bits per heavy atom. The molecule has 0 aliphatic heterocycles. The van der Waals surface area contributed by atoms with Gasteiger partial charge in [-0.2, -0.15) is 11.8 Å². The monoisotopic (exact) mass is 368 g/mol. The number of phenols is 1. The van der Waals surface area contributed by atoms with Gasteiger partial charge in [0.15, 0.2) is 0 Å². The Hall–Kier alpha value is -1.45. The molecule has 0 spiro atoms. The zero-order valence-electron chi connectivity index (χ0n) is 15.4. The first kappa shape index (κ1) is 17.9. The lowest BCUT2D eigenvalue weighted by molar-refractivity contribution is -0.0330. The van der Waals surface area contributed by atoms with Gasteiger partial charge in [0.05, 0.1) is 5.60 Å². The van der Waals surface area contributed by atoms with Crippen LogP contribution in [0.3, 0.4) is 0 Å². The molecule has 0 aromatic heterocycles. The summed E-state index contributed by atoms with van der Waals surface area (Å²) in [7, 11) is 0. The van der Waals surface area contributed by atoms with Gasteiger partial charge in [0.1, 0.15) is 5.75 Å². The highest BCUT2D eigenvalue weighted by Crippen LogP contribution is 2.54. The van der Waals surface area contributed by atoms with Crippen LogP contribution in [0.5, 0.6) is 5.75 Å². The van der Waals surface area contributed by atoms with E-state index in [1.807, 2.05) is 12.1 Å². The first-order chi connectivity index (χ1) is 12.5. The van der Waals surface area contributed by atoms with Crippen LogP contribution in [0.25, 0.3) is 0 Å². The van der Waals surface area contributed by atoms with Gasteiger partial charge in [-0.15, -0.1) is 0 Å². The summed E-state index contributed by atoms with van der Waals surface area (Å²) in [4.78, 5) is 0. The summed E-state index contributed by atoms with van der Waals surface area (Å²) in [5.74, 6) is 1.69. The van der Waals surface area contributed by atoms with Crippen molar-refractivity contribution >= 4 is 11.8 Å². The van der Waals surface area contributed by atoms with Crippen LogP contribution in [0.4, 0.5) is 0 Å². The third-order valence-electron chi connectivity index (χ3n) is 6.61. The van der Waals surface area contributed by atoms with Crippen LogP contribution < -0.4 is 0 Å². The van der Waals surface area contributed by atoms with E-state index < -0.39 is 5.60 Å². The smallest absolute Gasteiger partial charge is 0.115 e. The lowest BCUT2D eigenvalue weighted by Gasteiger charge is -2.53. The minimum absolute atomic E-state index is 0.0767. The van der Waals surface area contributed by atoms with Crippen LogP contribution in [-0.2, 0) is 18.3 Å².